The summed E-state index contributed by atoms with van der Waals surface area (Å²) in [6.45, 7) is 13.7. The van der Waals surface area contributed by atoms with Gasteiger partial charge in [-0.15, -0.1) is 6.58 Å². The summed E-state index contributed by atoms with van der Waals surface area (Å²) >= 11 is 0. The first kappa shape index (κ1) is 29.3. The Labute approximate surface area is 242 Å². The lowest BCUT2D eigenvalue weighted by molar-refractivity contribution is -0.162. The lowest BCUT2D eigenvalue weighted by atomic mass is 9.62. The van der Waals surface area contributed by atoms with Gasteiger partial charge >= 0.3 is 5.97 Å². The van der Waals surface area contributed by atoms with Gasteiger partial charge in [0.1, 0.15) is 17.6 Å². The van der Waals surface area contributed by atoms with Crippen LogP contribution in [0.3, 0.4) is 0 Å². The molecular weight excluding hydrogens is 520 g/mol. The van der Waals surface area contributed by atoms with Crippen LogP contribution < -0.4 is 4.90 Å². The first-order chi connectivity index (χ1) is 19.5. The van der Waals surface area contributed by atoms with Gasteiger partial charge in [-0.2, -0.15) is 0 Å². The number of fused-ring (bicyclic) bond motifs is 2. The molecule has 3 aliphatic heterocycles. The second kappa shape index (κ2) is 10.9. The summed E-state index contributed by atoms with van der Waals surface area (Å²) in [4.78, 5) is 46.0. The Morgan fingerprint density at radius 3 is 2.59 bits per heavy atom. The third kappa shape index (κ3) is 4.47. The first-order valence-electron chi connectivity index (χ1n) is 14.7. The van der Waals surface area contributed by atoms with E-state index in [2.05, 4.69) is 6.58 Å². The highest BCUT2D eigenvalue weighted by molar-refractivity contribution is 6.05. The number of hydrogen-bond acceptors (Lipinski definition) is 6. The maximum absolute atomic E-state index is 14.9. The molecule has 0 aliphatic carbocycles. The molecule has 2 aromatic carbocycles. The van der Waals surface area contributed by atoms with E-state index in [1.165, 1.54) is 0 Å². The zero-order valence-corrected chi connectivity index (χ0v) is 24.7. The number of aliphatic hydroxyl groups excluding tert-OH is 1. The summed E-state index contributed by atoms with van der Waals surface area (Å²) in [6.07, 6.45) is 2.62. The van der Waals surface area contributed by atoms with E-state index in [9.17, 15) is 19.5 Å². The number of nitrogens with zero attached hydrogens (tertiary/aromatic N) is 2. The fourth-order valence-corrected chi connectivity index (χ4v) is 7.70. The summed E-state index contributed by atoms with van der Waals surface area (Å²) < 4.78 is 12.3. The minimum Gasteiger partial charge on any atom is -0.466 e. The molecule has 0 aromatic heterocycles. The molecule has 0 saturated carbocycles. The van der Waals surface area contributed by atoms with Crippen LogP contribution in [0.4, 0.5) is 5.69 Å². The lowest BCUT2D eigenvalue weighted by Gasteiger charge is -2.40. The van der Waals surface area contributed by atoms with Crippen molar-refractivity contribution in [3.63, 3.8) is 0 Å². The van der Waals surface area contributed by atoms with Gasteiger partial charge in [0.15, 0.2) is 0 Å². The van der Waals surface area contributed by atoms with Gasteiger partial charge in [-0.25, -0.2) is 0 Å². The Morgan fingerprint density at radius 1 is 1.24 bits per heavy atom. The normalized spacial score (nSPS) is 31.0. The second-order valence-corrected chi connectivity index (χ2v) is 12.4. The monoisotopic (exact) mass is 562 g/mol. The summed E-state index contributed by atoms with van der Waals surface area (Å²) in [6, 6.07) is 12.1. The number of likely N-dealkylation sites (tertiary alicyclic amines) is 1. The molecule has 8 nitrogen and oxygen atoms in total. The first-order valence-corrected chi connectivity index (χ1v) is 14.7. The smallest absolute Gasteiger partial charge is 0.312 e. The predicted octanol–water partition coefficient (Wildman–Crippen LogP) is 4.34. The Hall–Kier alpha value is -3.23. The van der Waals surface area contributed by atoms with E-state index in [1.807, 2.05) is 70.2 Å². The van der Waals surface area contributed by atoms with Crippen molar-refractivity contribution < 1.29 is 29.0 Å². The number of anilines is 1. The number of esters is 1. The molecular formula is C33H42N2O6. The Morgan fingerprint density at radius 2 is 1.95 bits per heavy atom. The molecule has 2 amide bonds. The van der Waals surface area contributed by atoms with Crippen LogP contribution in [0.1, 0.15) is 47.5 Å². The summed E-state index contributed by atoms with van der Waals surface area (Å²) in [5, 5.41) is 12.6. The molecule has 1 N–H and O–H groups in total. The van der Waals surface area contributed by atoms with Crippen molar-refractivity contribution in [3.05, 3.63) is 55.1 Å². The average molecular weight is 563 g/mol. The van der Waals surface area contributed by atoms with Crippen molar-refractivity contribution in [2.45, 2.75) is 70.7 Å². The number of carbonyl (C=O) groups is 3. The second-order valence-electron chi connectivity index (χ2n) is 12.4. The highest BCUT2D eigenvalue weighted by Gasteiger charge is 2.80. The van der Waals surface area contributed by atoms with Crippen molar-refractivity contribution in [1.82, 2.24) is 4.90 Å². The Bertz CT molecular complexity index is 1360. The molecule has 1 spiro atoms. The number of ether oxygens (including phenoxy) is 2. The van der Waals surface area contributed by atoms with Crippen LogP contribution in [-0.4, -0.2) is 70.8 Å². The van der Waals surface area contributed by atoms with Gasteiger partial charge in [0, 0.05) is 12.2 Å². The van der Waals surface area contributed by atoms with E-state index < -0.39 is 41.1 Å². The van der Waals surface area contributed by atoms with Crippen molar-refractivity contribution in [2.24, 2.45) is 23.7 Å². The highest BCUT2D eigenvalue weighted by atomic mass is 16.6. The SMILES string of the molecule is C=CCN(C(=O)C1N([C@@H](CO)CC(C)C)C(=O)[C@@H]2[C@@H](C(=O)OCC)[C@]3(C)OC12CC3C)c1ccc2ccccc2c1. The van der Waals surface area contributed by atoms with E-state index >= 15 is 0 Å². The fraction of sp³-hybridized carbons (Fsp3) is 0.545. The quantitative estimate of drug-likeness (QED) is 0.342. The molecule has 7 atom stereocenters. The molecule has 5 rings (SSSR count). The fourth-order valence-electron chi connectivity index (χ4n) is 7.70. The van der Waals surface area contributed by atoms with E-state index in [1.54, 1.807) is 22.8 Å². The molecule has 3 unspecified atom stereocenters. The molecule has 2 bridgehead atoms. The van der Waals surface area contributed by atoms with E-state index in [-0.39, 0.29) is 43.4 Å². The molecule has 220 valence electrons. The molecule has 0 radical (unpaired) electrons. The topological polar surface area (TPSA) is 96.4 Å². The largest absolute Gasteiger partial charge is 0.466 e. The minimum absolute atomic E-state index is 0.0950. The molecule has 3 fully saturated rings. The maximum atomic E-state index is 14.9. The molecule has 3 saturated heterocycles. The molecule has 3 aliphatic rings. The van der Waals surface area contributed by atoms with Crippen LogP contribution >= 0.6 is 0 Å². The van der Waals surface area contributed by atoms with Gasteiger partial charge in [-0.05, 0) is 61.4 Å². The van der Waals surface area contributed by atoms with Gasteiger partial charge in [-0.1, -0.05) is 57.2 Å². The zero-order chi connectivity index (χ0) is 29.7. The van der Waals surface area contributed by atoms with Gasteiger partial charge in [0.25, 0.3) is 5.91 Å². The summed E-state index contributed by atoms with van der Waals surface area (Å²) in [7, 11) is 0. The molecule has 41 heavy (non-hydrogen) atoms. The van der Waals surface area contributed by atoms with Crippen molar-refractivity contribution in [1.29, 1.82) is 0 Å². The van der Waals surface area contributed by atoms with Gasteiger partial charge < -0.3 is 24.4 Å². The number of benzene rings is 2. The van der Waals surface area contributed by atoms with Crippen LogP contribution in [-0.2, 0) is 23.9 Å². The van der Waals surface area contributed by atoms with Gasteiger partial charge in [-0.3, -0.25) is 14.4 Å². The third-order valence-corrected chi connectivity index (χ3v) is 9.50. The standard InChI is InChI=1S/C33H42N2O6/c1-7-15-34(24-14-13-22-11-9-10-12-23(22)17-24)30(38)28-33-18-21(5)32(6,41-33)27(31(39)40-8-2)26(33)29(37)35(28)25(19-36)16-20(3)4/h7,9-14,17,20-21,25-28,36H,1,8,15-16,18-19H2,2-6H3/t21?,25-,26+,27+,28?,32-,33?/m1/s1. The number of carbonyl (C=O) groups excluding carboxylic acids is 3. The van der Waals surface area contributed by atoms with E-state index in [4.69, 9.17) is 9.47 Å². The Balaban J connectivity index is 1.66. The van der Waals surface area contributed by atoms with Crippen LogP contribution in [0.15, 0.2) is 55.1 Å². The third-order valence-electron chi connectivity index (χ3n) is 9.50. The number of rotatable bonds is 10. The van der Waals surface area contributed by atoms with Gasteiger partial charge in [0.05, 0.1) is 30.8 Å². The number of amides is 2. The molecule has 8 heteroatoms. The van der Waals surface area contributed by atoms with E-state index in [0.717, 1.165) is 10.8 Å². The average Bonchev–Trinajstić information content (AvgIpc) is 3.46. The van der Waals surface area contributed by atoms with E-state index in [0.29, 0.717) is 18.5 Å². The highest BCUT2D eigenvalue weighted by Crippen LogP contribution is 2.65. The molecule has 2 aromatic rings. The maximum Gasteiger partial charge on any atom is 0.312 e. The predicted molar refractivity (Wildman–Crippen MR) is 157 cm³/mol. The van der Waals surface area contributed by atoms with Crippen LogP contribution in [0, 0.1) is 23.7 Å². The Kier molecular flexibility index (Phi) is 7.76. The number of aliphatic hydroxyl groups is 1. The van der Waals surface area contributed by atoms with Crippen molar-refractivity contribution in [2.75, 3.05) is 24.7 Å². The summed E-state index contributed by atoms with van der Waals surface area (Å²) in [5.41, 5.74) is -1.49. The van der Waals surface area contributed by atoms with Crippen molar-refractivity contribution in [3.8, 4) is 0 Å². The van der Waals surface area contributed by atoms with Gasteiger partial charge in [0.2, 0.25) is 5.91 Å². The van der Waals surface area contributed by atoms with Crippen LogP contribution in [0.25, 0.3) is 10.8 Å². The van der Waals surface area contributed by atoms with Crippen LogP contribution in [0.2, 0.25) is 0 Å². The zero-order valence-electron chi connectivity index (χ0n) is 24.7. The van der Waals surface area contributed by atoms with Crippen LogP contribution in [0.5, 0.6) is 0 Å². The lowest BCUT2D eigenvalue weighted by Crippen LogP contribution is -2.59. The number of hydrogen-bond donors (Lipinski definition) is 1. The minimum atomic E-state index is -1.22. The summed E-state index contributed by atoms with van der Waals surface area (Å²) in [5.74, 6) is -2.76. The molecule has 3 heterocycles. The van der Waals surface area contributed by atoms with Crippen molar-refractivity contribution >= 4 is 34.2 Å².